The molecular weight excluding hydrogens is 198 g/mol. The van der Waals surface area contributed by atoms with Crippen LogP contribution in [0.3, 0.4) is 0 Å². The third kappa shape index (κ3) is 4.07. The Morgan fingerprint density at radius 3 is 2.33 bits per heavy atom. The van der Waals surface area contributed by atoms with Gasteiger partial charge in [0.15, 0.2) is 0 Å². The third-order valence-corrected chi connectivity index (χ3v) is 0.554. The SMILES string of the molecule is O=C(I)/C=C\F. The molecule has 0 aromatic rings. The van der Waals surface area contributed by atoms with E-state index in [-0.39, 0.29) is 10.1 Å². The summed E-state index contributed by atoms with van der Waals surface area (Å²) in [6.45, 7) is 0. The highest BCUT2D eigenvalue weighted by molar-refractivity contribution is 14.1. The van der Waals surface area contributed by atoms with Gasteiger partial charge in [0.05, 0.1) is 6.33 Å². The Bertz CT molecular complexity index is 78.9. The topological polar surface area (TPSA) is 17.1 Å². The number of carbonyl (C=O) groups excluding carboxylic acids is 1. The molecule has 0 saturated carbocycles. The van der Waals surface area contributed by atoms with Gasteiger partial charge in [-0.05, 0) is 0 Å². The monoisotopic (exact) mass is 200 g/mol. The third-order valence-electron chi connectivity index (χ3n) is 0.194. The molecule has 1 nitrogen and oxygen atoms in total. The summed E-state index contributed by atoms with van der Waals surface area (Å²) >= 11 is 1.48. The van der Waals surface area contributed by atoms with Gasteiger partial charge in [-0.15, -0.1) is 0 Å². The first-order chi connectivity index (χ1) is 2.77. The molecule has 0 rings (SSSR count). The van der Waals surface area contributed by atoms with Gasteiger partial charge in [0.2, 0.25) is 3.79 Å². The zero-order valence-corrected chi connectivity index (χ0v) is 4.98. The van der Waals surface area contributed by atoms with Crippen LogP contribution in [0, 0.1) is 0 Å². The fourth-order valence-electron chi connectivity index (χ4n) is 0.0495. The van der Waals surface area contributed by atoms with Crippen molar-refractivity contribution in [2.75, 3.05) is 0 Å². The van der Waals surface area contributed by atoms with E-state index in [9.17, 15) is 9.18 Å². The summed E-state index contributed by atoms with van der Waals surface area (Å²) in [5, 5.41) is 0. The zero-order valence-electron chi connectivity index (χ0n) is 2.82. The highest BCUT2D eigenvalue weighted by atomic mass is 127. The molecule has 0 saturated heterocycles. The van der Waals surface area contributed by atoms with Crippen molar-refractivity contribution in [3.8, 4) is 0 Å². The van der Waals surface area contributed by atoms with Crippen molar-refractivity contribution in [3.63, 3.8) is 0 Å². The predicted octanol–water partition coefficient (Wildman–Crippen LogP) is 1.43. The van der Waals surface area contributed by atoms with Gasteiger partial charge in [0, 0.05) is 28.7 Å². The van der Waals surface area contributed by atoms with Crippen molar-refractivity contribution >= 4 is 26.4 Å². The smallest absolute Gasteiger partial charge is 0.217 e. The van der Waals surface area contributed by atoms with Crippen LogP contribution in [0.15, 0.2) is 12.4 Å². The molecule has 3 heteroatoms. The summed E-state index contributed by atoms with van der Waals surface area (Å²) in [4.78, 5) is 9.70. The van der Waals surface area contributed by atoms with Gasteiger partial charge in [-0.2, -0.15) is 0 Å². The van der Waals surface area contributed by atoms with E-state index in [4.69, 9.17) is 0 Å². The molecule has 0 unspecified atom stereocenters. The number of hydrogen-bond donors (Lipinski definition) is 0. The second-order valence-corrected chi connectivity index (χ2v) is 1.66. The highest BCUT2D eigenvalue weighted by Crippen LogP contribution is 1.85. The first kappa shape index (κ1) is 6.07. The molecule has 0 aromatic carbocycles. The molecule has 6 heavy (non-hydrogen) atoms. The van der Waals surface area contributed by atoms with E-state index in [0.29, 0.717) is 0 Å². The maximum absolute atomic E-state index is 10.8. The molecule has 0 amide bonds. The first-order valence-electron chi connectivity index (χ1n) is 1.23. The van der Waals surface area contributed by atoms with Gasteiger partial charge in [0.1, 0.15) is 0 Å². The summed E-state index contributed by atoms with van der Waals surface area (Å²) < 4.78 is 10.5. The lowest BCUT2D eigenvalue weighted by molar-refractivity contribution is -0.105. The standard InChI is InChI=1S/C3H2FIO/c4-2-1-3(5)6/h1-2H/b2-1-. The fourth-order valence-corrected chi connectivity index (χ4v) is 0.185. The van der Waals surface area contributed by atoms with Gasteiger partial charge in [0.25, 0.3) is 0 Å². The second kappa shape index (κ2) is 3.27. The number of hydrogen-bond acceptors (Lipinski definition) is 1. The molecule has 0 aromatic heterocycles. The lowest BCUT2D eigenvalue weighted by atomic mass is 10.7. The molecule has 0 aliphatic carbocycles. The molecule has 34 valence electrons. The van der Waals surface area contributed by atoms with Crippen molar-refractivity contribution in [2.24, 2.45) is 0 Å². The lowest BCUT2D eigenvalue weighted by Gasteiger charge is -1.63. The quantitative estimate of drug-likeness (QED) is 0.355. The van der Waals surface area contributed by atoms with E-state index >= 15 is 0 Å². The van der Waals surface area contributed by atoms with Gasteiger partial charge < -0.3 is 0 Å². The van der Waals surface area contributed by atoms with Crippen molar-refractivity contribution in [3.05, 3.63) is 12.4 Å². The minimum absolute atomic E-state index is 0.217. The first-order valence-corrected chi connectivity index (χ1v) is 2.31. The fraction of sp³-hybridized carbons (Fsp3) is 0. The predicted molar refractivity (Wildman–Crippen MR) is 29.3 cm³/mol. The Hall–Kier alpha value is 0.0700. The Morgan fingerprint density at radius 2 is 2.33 bits per heavy atom. The lowest BCUT2D eigenvalue weighted by Crippen LogP contribution is -1.68. The minimum Gasteiger partial charge on any atom is -0.283 e. The largest absolute Gasteiger partial charge is 0.283 e. The Morgan fingerprint density at radius 1 is 1.83 bits per heavy atom. The Labute approximate surface area is 48.4 Å². The van der Waals surface area contributed by atoms with Gasteiger partial charge in [-0.3, -0.25) is 4.79 Å². The van der Waals surface area contributed by atoms with Crippen molar-refractivity contribution < 1.29 is 9.18 Å². The zero-order chi connectivity index (χ0) is 4.99. The number of allylic oxidation sites excluding steroid dienone is 1. The number of carbonyl (C=O) groups is 1. The van der Waals surface area contributed by atoms with Crippen LogP contribution in [0.4, 0.5) is 4.39 Å². The highest BCUT2D eigenvalue weighted by Gasteiger charge is 1.78. The van der Waals surface area contributed by atoms with E-state index in [2.05, 4.69) is 0 Å². The minimum atomic E-state index is -0.296. The molecular formula is C3H2FIO. The number of rotatable bonds is 1. The van der Waals surface area contributed by atoms with Crippen LogP contribution in [0.1, 0.15) is 0 Å². The van der Waals surface area contributed by atoms with Crippen LogP contribution in [0.5, 0.6) is 0 Å². The molecule has 0 spiro atoms. The summed E-state index contributed by atoms with van der Waals surface area (Å²) in [7, 11) is 0. The molecule has 0 aliphatic heterocycles. The van der Waals surface area contributed by atoms with E-state index < -0.39 is 0 Å². The van der Waals surface area contributed by atoms with E-state index in [1.54, 1.807) is 0 Å². The average molecular weight is 200 g/mol. The molecule has 0 fully saturated rings. The normalized spacial score (nSPS) is 9.67. The van der Waals surface area contributed by atoms with Crippen LogP contribution in [0.25, 0.3) is 0 Å². The van der Waals surface area contributed by atoms with E-state index in [1.807, 2.05) is 0 Å². The summed E-state index contributed by atoms with van der Waals surface area (Å²) in [6, 6.07) is 0. The van der Waals surface area contributed by atoms with Gasteiger partial charge in [-0.1, -0.05) is 0 Å². The molecule has 0 N–H and O–H groups in total. The van der Waals surface area contributed by atoms with Gasteiger partial charge in [-0.25, -0.2) is 4.39 Å². The molecule has 0 bridgehead atoms. The molecule has 0 heterocycles. The van der Waals surface area contributed by atoms with Crippen LogP contribution in [-0.4, -0.2) is 3.79 Å². The maximum atomic E-state index is 10.8. The molecule has 0 aliphatic rings. The van der Waals surface area contributed by atoms with Crippen LogP contribution in [-0.2, 0) is 4.79 Å². The maximum Gasteiger partial charge on any atom is 0.217 e. The summed E-state index contributed by atoms with van der Waals surface area (Å²) in [5.41, 5.74) is 0. The second-order valence-electron chi connectivity index (χ2n) is 0.597. The average Bonchev–Trinajstić information content (AvgIpc) is 1.35. The van der Waals surface area contributed by atoms with Crippen molar-refractivity contribution in [1.29, 1.82) is 0 Å². The van der Waals surface area contributed by atoms with Crippen molar-refractivity contribution in [1.82, 2.24) is 0 Å². The summed E-state index contributed by atoms with van der Waals surface area (Å²) in [6.07, 6.45) is 1.06. The Balaban J connectivity index is 3.30. The van der Waals surface area contributed by atoms with Crippen molar-refractivity contribution in [2.45, 2.75) is 0 Å². The van der Waals surface area contributed by atoms with Crippen LogP contribution in [0.2, 0.25) is 0 Å². The Kier molecular flexibility index (Phi) is 3.31. The number of halogens is 2. The van der Waals surface area contributed by atoms with E-state index in [0.717, 1.165) is 6.08 Å². The molecule has 0 radical (unpaired) electrons. The van der Waals surface area contributed by atoms with Gasteiger partial charge >= 0.3 is 0 Å². The summed E-state index contributed by atoms with van der Waals surface area (Å²) in [5.74, 6) is 0. The van der Waals surface area contributed by atoms with E-state index in [1.165, 1.54) is 22.6 Å². The van der Waals surface area contributed by atoms with Crippen LogP contribution < -0.4 is 0 Å². The van der Waals surface area contributed by atoms with Crippen LogP contribution >= 0.6 is 22.6 Å². The molecule has 0 atom stereocenters.